The molecule has 2 N–H and O–H groups in total. The molecule has 3 aromatic rings. The first-order valence-electron chi connectivity index (χ1n) is 10.1. The van der Waals surface area contributed by atoms with Crippen LogP contribution in [-0.4, -0.2) is 44.6 Å². The zero-order chi connectivity index (χ0) is 23.8. The molecule has 0 aliphatic rings. The maximum Gasteiger partial charge on any atom is 0.326 e. The van der Waals surface area contributed by atoms with Gasteiger partial charge in [-0.05, 0) is 59.4 Å². The van der Waals surface area contributed by atoms with Crippen molar-refractivity contribution in [2.45, 2.75) is 19.0 Å². The van der Waals surface area contributed by atoms with Gasteiger partial charge in [0.2, 0.25) is 0 Å². The number of carbonyl (C=O) groups is 2. The van der Waals surface area contributed by atoms with Crippen molar-refractivity contribution in [2.24, 2.45) is 0 Å². The number of carboxylic acid groups (broad SMARTS) is 1. The second kappa shape index (κ2) is 11.7. The average Bonchev–Trinajstić information content (AvgIpc) is 3.31. The standard InChI is InChI=1S/C24H23ClFN3O3S/c1-33-12-8-22(24(31)32)28-23(30)18-6-4-16(3-2-10-29-11-9-27-15-29)13-19(18)17-5-7-21(26)20(25)14-17/h2-7,9,11,13-15,22H,8,10,12H2,1H3,(H,28,30)(H,31,32)/t22-/m0/s1. The summed E-state index contributed by atoms with van der Waals surface area (Å²) >= 11 is 7.48. The Labute approximate surface area is 200 Å². The van der Waals surface area contributed by atoms with Crippen LogP contribution >= 0.6 is 23.4 Å². The maximum atomic E-state index is 13.7. The Morgan fingerprint density at radius 2 is 2.12 bits per heavy atom. The van der Waals surface area contributed by atoms with Crippen molar-refractivity contribution in [2.75, 3.05) is 12.0 Å². The quantitative estimate of drug-likeness (QED) is 0.421. The molecule has 0 bridgehead atoms. The first-order valence-corrected chi connectivity index (χ1v) is 11.9. The van der Waals surface area contributed by atoms with Crippen LogP contribution < -0.4 is 5.32 Å². The van der Waals surface area contributed by atoms with Gasteiger partial charge in [0, 0.05) is 24.5 Å². The SMILES string of the molecule is CSCC[C@H](NC(=O)c1ccc(C=CCn2ccnc2)cc1-c1ccc(F)c(Cl)c1)C(=O)O. The third-order valence-electron chi connectivity index (χ3n) is 4.92. The third kappa shape index (κ3) is 6.69. The highest BCUT2D eigenvalue weighted by atomic mass is 35.5. The van der Waals surface area contributed by atoms with E-state index in [9.17, 15) is 19.1 Å². The van der Waals surface area contributed by atoms with E-state index in [4.69, 9.17) is 11.6 Å². The number of halogens is 2. The second-order valence-corrected chi connectivity index (χ2v) is 8.63. The summed E-state index contributed by atoms with van der Waals surface area (Å²) in [5.41, 5.74) is 2.17. The molecule has 1 heterocycles. The largest absolute Gasteiger partial charge is 0.480 e. The van der Waals surface area contributed by atoms with Crippen molar-refractivity contribution < 1.29 is 19.1 Å². The lowest BCUT2D eigenvalue weighted by molar-refractivity contribution is -0.139. The number of amides is 1. The van der Waals surface area contributed by atoms with Gasteiger partial charge in [-0.1, -0.05) is 35.9 Å². The van der Waals surface area contributed by atoms with Gasteiger partial charge in [0.15, 0.2) is 0 Å². The van der Waals surface area contributed by atoms with E-state index < -0.39 is 23.7 Å². The van der Waals surface area contributed by atoms with Crippen molar-refractivity contribution in [3.05, 3.63) is 83.2 Å². The maximum absolute atomic E-state index is 13.7. The minimum absolute atomic E-state index is 0.0664. The van der Waals surface area contributed by atoms with E-state index in [1.165, 1.54) is 30.0 Å². The minimum Gasteiger partial charge on any atom is -0.480 e. The highest BCUT2D eigenvalue weighted by Gasteiger charge is 2.22. The first kappa shape index (κ1) is 24.5. The summed E-state index contributed by atoms with van der Waals surface area (Å²) in [6, 6.07) is 8.40. The fourth-order valence-electron chi connectivity index (χ4n) is 3.20. The summed E-state index contributed by atoms with van der Waals surface area (Å²) in [5, 5.41) is 12.0. The number of carboxylic acids is 1. The number of aliphatic carboxylic acids is 1. The molecule has 172 valence electrons. The molecule has 0 spiro atoms. The fraction of sp³-hybridized carbons (Fsp3) is 0.208. The molecule has 1 aromatic heterocycles. The summed E-state index contributed by atoms with van der Waals surface area (Å²) in [5.74, 6) is -1.58. The molecule has 3 rings (SSSR count). The predicted octanol–water partition coefficient (Wildman–Crippen LogP) is 4.99. The lowest BCUT2D eigenvalue weighted by atomic mass is 9.96. The van der Waals surface area contributed by atoms with Crippen LogP contribution in [-0.2, 0) is 11.3 Å². The number of allylic oxidation sites excluding steroid dienone is 1. The van der Waals surface area contributed by atoms with Gasteiger partial charge in [-0.15, -0.1) is 0 Å². The number of hydrogen-bond acceptors (Lipinski definition) is 4. The van der Waals surface area contributed by atoms with Gasteiger partial charge in [0.25, 0.3) is 5.91 Å². The van der Waals surface area contributed by atoms with Crippen molar-refractivity contribution >= 4 is 41.3 Å². The van der Waals surface area contributed by atoms with Gasteiger partial charge in [0.1, 0.15) is 11.9 Å². The van der Waals surface area contributed by atoms with Gasteiger partial charge >= 0.3 is 5.97 Å². The van der Waals surface area contributed by atoms with Crippen LogP contribution in [0.5, 0.6) is 0 Å². The molecule has 6 nitrogen and oxygen atoms in total. The van der Waals surface area contributed by atoms with Crippen LogP contribution in [0.15, 0.2) is 61.2 Å². The molecule has 0 saturated carbocycles. The monoisotopic (exact) mass is 487 g/mol. The van der Waals surface area contributed by atoms with Crippen molar-refractivity contribution in [1.82, 2.24) is 14.9 Å². The third-order valence-corrected chi connectivity index (χ3v) is 5.85. The molecule has 33 heavy (non-hydrogen) atoms. The summed E-state index contributed by atoms with van der Waals surface area (Å²) in [6.07, 6.45) is 11.3. The molecule has 0 unspecified atom stereocenters. The summed E-state index contributed by atoms with van der Waals surface area (Å²) in [7, 11) is 0. The number of thioether (sulfide) groups is 1. The lowest BCUT2D eigenvalue weighted by Gasteiger charge is -2.16. The van der Waals surface area contributed by atoms with Crippen molar-refractivity contribution in [1.29, 1.82) is 0 Å². The number of rotatable bonds is 10. The fourth-order valence-corrected chi connectivity index (χ4v) is 3.85. The number of carbonyl (C=O) groups excluding carboxylic acids is 1. The molecular weight excluding hydrogens is 465 g/mol. The van der Waals surface area contributed by atoms with Crippen LogP contribution in [0.25, 0.3) is 17.2 Å². The smallest absolute Gasteiger partial charge is 0.326 e. The van der Waals surface area contributed by atoms with Crippen LogP contribution in [0.2, 0.25) is 5.02 Å². The zero-order valence-electron chi connectivity index (χ0n) is 17.9. The molecule has 0 saturated heterocycles. The molecule has 9 heteroatoms. The van der Waals surface area contributed by atoms with Gasteiger partial charge in [-0.2, -0.15) is 11.8 Å². The van der Waals surface area contributed by atoms with Crippen molar-refractivity contribution in [3.8, 4) is 11.1 Å². The zero-order valence-corrected chi connectivity index (χ0v) is 19.4. The van der Waals surface area contributed by atoms with Crippen molar-refractivity contribution in [3.63, 3.8) is 0 Å². The Balaban J connectivity index is 1.94. The van der Waals surface area contributed by atoms with E-state index in [1.54, 1.807) is 30.7 Å². The van der Waals surface area contributed by atoms with E-state index in [0.717, 1.165) is 5.56 Å². The van der Waals surface area contributed by atoms with E-state index >= 15 is 0 Å². The highest BCUT2D eigenvalue weighted by Crippen LogP contribution is 2.29. The van der Waals surface area contributed by atoms with Crippen LogP contribution in [0.4, 0.5) is 4.39 Å². The number of hydrogen-bond donors (Lipinski definition) is 2. The summed E-state index contributed by atoms with van der Waals surface area (Å²) in [6.45, 7) is 0.621. The Morgan fingerprint density at radius 1 is 1.30 bits per heavy atom. The van der Waals surface area contributed by atoms with E-state index in [-0.39, 0.29) is 10.6 Å². The van der Waals surface area contributed by atoms with Crippen LogP contribution in [0.3, 0.4) is 0 Å². The summed E-state index contributed by atoms with van der Waals surface area (Å²) < 4.78 is 15.6. The van der Waals surface area contributed by atoms with Crippen LogP contribution in [0.1, 0.15) is 22.3 Å². The number of nitrogens with one attached hydrogen (secondary N) is 1. The Kier molecular flexibility index (Phi) is 8.68. The minimum atomic E-state index is -1.09. The first-order chi connectivity index (χ1) is 15.9. The molecule has 1 atom stereocenters. The van der Waals surface area contributed by atoms with Gasteiger partial charge in [0.05, 0.1) is 11.3 Å². The number of benzene rings is 2. The molecular formula is C24H23ClFN3O3S. The number of nitrogens with zero attached hydrogens (tertiary/aromatic N) is 2. The molecule has 2 aromatic carbocycles. The Morgan fingerprint density at radius 3 is 2.79 bits per heavy atom. The predicted molar refractivity (Wildman–Crippen MR) is 130 cm³/mol. The Hall–Kier alpha value is -3.10. The highest BCUT2D eigenvalue weighted by molar-refractivity contribution is 7.98. The molecule has 1 amide bonds. The topological polar surface area (TPSA) is 84.2 Å². The average molecular weight is 488 g/mol. The van der Waals surface area contributed by atoms with E-state index in [1.807, 2.05) is 29.2 Å². The molecule has 0 aliphatic carbocycles. The lowest BCUT2D eigenvalue weighted by Crippen LogP contribution is -2.41. The summed E-state index contributed by atoms with van der Waals surface area (Å²) in [4.78, 5) is 28.6. The van der Waals surface area contributed by atoms with Gasteiger partial charge in [-0.3, -0.25) is 4.79 Å². The Bertz CT molecular complexity index is 1150. The van der Waals surface area contributed by atoms with Gasteiger partial charge < -0.3 is 15.0 Å². The normalized spacial score (nSPS) is 12.1. The number of imidazole rings is 1. The molecule has 0 fully saturated rings. The molecule has 0 aliphatic heterocycles. The van der Waals surface area contributed by atoms with E-state index in [2.05, 4.69) is 10.3 Å². The van der Waals surface area contributed by atoms with Crippen LogP contribution in [0, 0.1) is 5.82 Å². The molecule has 0 radical (unpaired) electrons. The number of aromatic nitrogens is 2. The second-order valence-electron chi connectivity index (χ2n) is 7.24. The van der Waals surface area contributed by atoms with Gasteiger partial charge in [-0.25, -0.2) is 14.2 Å². The van der Waals surface area contributed by atoms with E-state index in [0.29, 0.717) is 29.8 Å².